The number of benzene rings is 4. The van der Waals surface area contributed by atoms with E-state index in [1.807, 2.05) is 0 Å². The molecule has 0 fully saturated rings. The first-order valence-electron chi connectivity index (χ1n) is 14.6. The second-order valence-electron chi connectivity index (χ2n) is 11.1. The average Bonchev–Trinajstić information content (AvgIpc) is 3.59. The van der Waals surface area contributed by atoms with Gasteiger partial charge in [-0.05, 0) is 35.4 Å². The fourth-order valence-corrected chi connectivity index (χ4v) is 5.15. The molecule has 0 N–H and O–H groups in total. The molecule has 0 atom stereocenters. The Labute approximate surface area is 285 Å². The van der Waals surface area contributed by atoms with Gasteiger partial charge in [-0.25, -0.2) is 0 Å². The average molecular weight is 717 g/mol. The van der Waals surface area contributed by atoms with Gasteiger partial charge in [0, 0.05) is 49.1 Å². The molecule has 0 aromatic heterocycles. The molecule has 0 saturated heterocycles. The van der Waals surface area contributed by atoms with Crippen molar-refractivity contribution in [3.63, 3.8) is 0 Å². The summed E-state index contributed by atoms with van der Waals surface area (Å²) in [6.07, 6.45) is 0. The van der Waals surface area contributed by atoms with Gasteiger partial charge in [0.05, 0.1) is 0 Å². The molecule has 0 unspecified atom stereocenters. The molecule has 44 heavy (non-hydrogen) atoms. The minimum atomic E-state index is -0.826. The van der Waals surface area contributed by atoms with E-state index in [2.05, 4.69) is 174 Å². The summed E-state index contributed by atoms with van der Waals surface area (Å²) in [6.45, 7) is 8.61. The van der Waals surface area contributed by atoms with Crippen molar-refractivity contribution in [1.82, 2.24) is 0 Å². The zero-order valence-corrected chi connectivity index (χ0v) is 32.0. The summed E-state index contributed by atoms with van der Waals surface area (Å²) in [4.78, 5) is 4.24. The Morgan fingerprint density at radius 1 is 0.568 bits per heavy atom. The van der Waals surface area contributed by atoms with Gasteiger partial charge in [0.1, 0.15) is 0 Å². The third-order valence-corrected chi connectivity index (χ3v) is 7.18. The summed E-state index contributed by atoms with van der Waals surface area (Å²) in [7, 11) is 19.2. The fourth-order valence-electron chi connectivity index (χ4n) is 5.15. The van der Waals surface area contributed by atoms with Crippen LogP contribution in [0.1, 0.15) is 11.1 Å². The number of rotatable bonds is 4. The van der Waals surface area contributed by atoms with E-state index in [0.29, 0.717) is 0 Å². The van der Waals surface area contributed by atoms with Crippen molar-refractivity contribution in [3.8, 4) is 22.3 Å². The number of hydrogen-bond donors (Lipinski definition) is 0. The molecule has 2 radical (unpaired) electrons. The SMILES string of the molecule is C[Si]C.Cc1cc2c(-c3ccc(N(C)C)cc3)cccc2[cH-]1.Cc1cc2c(-c3ccc(N(C)C)cc3)cccc2[cH-]1.[Cl][Zr+2][Cl]. The predicted octanol–water partition coefficient (Wildman–Crippen LogP) is 11.4. The normalized spacial score (nSPS) is 10.0. The number of nitrogens with zero attached hydrogens (tertiary/aromatic N) is 2. The Morgan fingerprint density at radius 3 is 1.18 bits per heavy atom. The van der Waals surface area contributed by atoms with Gasteiger partial charge in [0.2, 0.25) is 0 Å². The van der Waals surface area contributed by atoms with Crippen LogP contribution in [0.25, 0.3) is 43.8 Å². The summed E-state index contributed by atoms with van der Waals surface area (Å²) in [5.74, 6) is 0. The van der Waals surface area contributed by atoms with Crippen LogP contribution in [0.4, 0.5) is 11.4 Å². The van der Waals surface area contributed by atoms with Crippen molar-refractivity contribution >= 4 is 59.5 Å². The molecule has 0 amide bonds. The zero-order valence-electron chi connectivity index (χ0n) is 27.0. The second kappa shape index (κ2) is 17.8. The van der Waals surface area contributed by atoms with Gasteiger partial charge in [-0.3, -0.25) is 0 Å². The zero-order chi connectivity index (χ0) is 32.2. The van der Waals surface area contributed by atoms with Crippen LogP contribution >= 0.6 is 17.0 Å². The molecule has 6 aromatic carbocycles. The van der Waals surface area contributed by atoms with Crippen LogP contribution in [0.2, 0.25) is 13.1 Å². The van der Waals surface area contributed by atoms with E-state index in [4.69, 9.17) is 17.0 Å². The summed E-state index contributed by atoms with van der Waals surface area (Å²) in [5.41, 5.74) is 10.3. The molecule has 0 aliphatic heterocycles. The number of halogens is 2. The van der Waals surface area contributed by atoms with Crippen LogP contribution in [-0.4, -0.2) is 37.7 Å². The Kier molecular flexibility index (Phi) is 14.5. The van der Waals surface area contributed by atoms with Crippen LogP contribution < -0.4 is 9.80 Å². The number of fused-ring (bicyclic) bond motifs is 2. The van der Waals surface area contributed by atoms with Crippen LogP contribution in [-0.2, 0) is 20.8 Å². The Balaban J connectivity index is 0.000000204. The van der Waals surface area contributed by atoms with Crippen molar-refractivity contribution in [3.05, 3.63) is 120 Å². The van der Waals surface area contributed by atoms with Gasteiger partial charge in [0.15, 0.2) is 0 Å². The van der Waals surface area contributed by atoms with E-state index in [9.17, 15) is 0 Å². The van der Waals surface area contributed by atoms with Gasteiger partial charge < -0.3 is 9.80 Å². The molecular formula is C38H42Cl2N2SiZr. The van der Waals surface area contributed by atoms with Gasteiger partial charge in [0.25, 0.3) is 0 Å². The molecule has 0 saturated carbocycles. The molecule has 2 nitrogen and oxygen atoms in total. The minimum absolute atomic E-state index is 0.826. The van der Waals surface area contributed by atoms with Crippen molar-refractivity contribution in [1.29, 1.82) is 0 Å². The molecular weight excluding hydrogens is 675 g/mol. The molecule has 0 spiro atoms. The van der Waals surface area contributed by atoms with E-state index >= 15 is 0 Å². The molecule has 0 heterocycles. The van der Waals surface area contributed by atoms with Gasteiger partial charge >= 0.3 is 37.9 Å². The van der Waals surface area contributed by atoms with Gasteiger partial charge in [-0.15, -0.1) is 69.1 Å². The first kappa shape index (κ1) is 35.9. The molecule has 0 aliphatic rings. The second-order valence-corrected chi connectivity index (χ2v) is 15.9. The molecule has 6 aromatic rings. The Morgan fingerprint density at radius 2 is 0.886 bits per heavy atom. The van der Waals surface area contributed by atoms with E-state index in [0.717, 1.165) is 9.52 Å². The molecule has 226 valence electrons. The van der Waals surface area contributed by atoms with E-state index in [-0.39, 0.29) is 0 Å². The van der Waals surface area contributed by atoms with Crippen molar-refractivity contribution < 1.29 is 20.8 Å². The third-order valence-electron chi connectivity index (χ3n) is 7.18. The summed E-state index contributed by atoms with van der Waals surface area (Å²) in [6, 6.07) is 39.5. The van der Waals surface area contributed by atoms with E-state index < -0.39 is 20.8 Å². The predicted molar refractivity (Wildman–Crippen MR) is 197 cm³/mol. The molecule has 6 rings (SSSR count). The molecule has 6 heteroatoms. The summed E-state index contributed by atoms with van der Waals surface area (Å²) < 4.78 is 0. The van der Waals surface area contributed by atoms with Crippen molar-refractivity contribution in [2.75, 3.05) is 38.0 Å². The Bertz CT molecular complexity index is 1590. The first-order valence-corrected chi connectivity index (χ1v) is 22.9. The summed E-state index contributed by atoms with van der Waals surface area (Å²) in [5, 5.41) is 5.34. The van der Waals surface area contributed by atoms with E-state index in [1.54, 1.807) is 0 Å². The van der Waals surface area contributed by atoms with Crippen LogP contribution in [0.15, 0.2) is 109 Å². The standard InChI is InChI=1S/2C18H18N.C2H6Si.2ClH.Zr/c2*1-13-11-15-5-4-6-17(18(15)12-13)14-7-9-16(10-8-14)19(2)3;1-3-2;;;/h2*4-12H,1-3H3;1-2H3;2*1H;/q2*-1;;;;+4/p-2. The van der Waals surface area contributed by atoms with Crippen molar-refractivity contribution in [2.45, 2.75) is 26.9 Å². The quantitative estimate of drug-likeness (QED) is 0.132. The molecule has 0 aliphatic carbocycles. The number of anilines is 2. The number of hydrogen-bond acceptors (Lipinski definition) is 2. The fraction of sp³-hybridized carbons (Fsp3) is 0.211. The van der Waals surface area contributed by atoms with E-state index in [1.165, 1.54) is 66.3 Å². The maximum absolute atomic E-state index is 4.93. The van der Waals surface area contributed by atoms with Crippen LogP contribution in [0, 0.1) is 13.8 Å². The maximum atomic E-state index is 4.93. The monoisotopic (exact) mass is 714 g/mol. The van der Waals surface area contributed by atoms with Gasteiger partial charge in [-0.2, -0.15) is 12.1 Å². The topological polar surface area (TPSA) is 6.48 Å². The van der Waals surface area contributed by atoms with Crippen LogP contribution in [0.5, 0.6) is 0 Å². The van der Waals surface area contributed by atoms with Crippen molar-refractivity contribution in [2.24, 2.45) is 0 Å². The summed E-state index contributed by atoms with van der Waals surface area (Å²) >= 11 is -0.826. The Hall–Kier alpha value is -2.62. The number of aryl methyl sites for hydroxylation is 2. The van der Waals surface area contributed by atoms with Crippen LogP contribution in [0.3, 0.4) is 0 Å². The van der Waals surface area contributed by atoms with Gasteiger partial charge in [-0.1, -0.05) is 74.5 Å². The third kappa shape index (κ3) is 9.69. The molecule has 0 bridgehead atoms. The first-order chi connectivity index (χ1) is 21.1.